The van der Waals surface area contributed by atoms with Crippen molar-refractivity contribution in [3.8, 4) is 0 Å². The lowest BCUT2D eigenvalue weighted by Gasteiger charge is -2.06. The molecule has 1 heterocycles. The molecule has 5 heteroatoms. The Bertz CT molecular complexity index is 345. The molecule has 2 N–H and O–H groups in total. The van der Waals surface area contributed by atoms with Gasteiger partial charge in [-0.2, -0.15) is 0 Å². The van der Waals surface area contributed by atoms with Crippen molar-refractivity contribution in [3.63, 3.8) is 0 Å². The van der Waals surface area contributed by atoms with Crippen LogP contribution in [0.15, 0.2) is 6.07 Å². The third-order valence-electron chi connectivity index (χ3n) is 1.96. The van der Waals surface area contributed by atoms with E-state index in [2.05, 4.69) is 20.6 Å². The van der Waals surface area contributed by atoms with Crippen molar-refractivity contribution >= 4 is 11.9 Å². The van der Waals surface area contributed by atoms with Crippen molar-refractivity contribution in [3.05, 3.63) is 17.5 Å². The van der Waals surface area contributed by atoms with Crippen LogP contribution in [0.5, 0.6) is 0 Å². The van der Waals surface area contributed by atoms with Crippen LogP contribution in [0.25, 0.3) is 0 Å². The van der Waals surface area contributed by atoms with Crippen LogP contribution in [0.3, 0.4) is 0 Å². The van der Waals surface area contributed by atoms with Gasteiger partial charge >= 0.3 is 0 Å². The summed E-state index contributed by atoms with van der Waals surface area (Å²) in [6.07, 6.45) is 0.936. The first-order valence-electron chi connectivity index (χ1n) is 5.44. The van der Waals surface area contributed by atoms with Gasteiger partial charge in [-0.05, 0) is 26.3 Å². The minimum absolute atomic E-state index is 0.0374. The van der Waals surface area contributed by atoms with Gasteiger partial charge in [0.1, 0.15) is 0 Å². The predicted molar refractivity (Wildman–Crippen MR) is 63.3 cm³/mol. The Hall–Kier alpha value is -1.65. The first-order valence-corrected chi connectivity index (χ1v) is 5.44. The molecule has 0 spiro atoms. The van der Waals surface area contributed by atoms with Crippen molar-refractivity contribution in [2.24, 2.45) is 0 Å². The summed E-state index contributed by atoms with van der Waals surface area (Å²) in [4.78, 5) is 19.7. The summed E-state index contributed by atoms with van der Waals surface area (Å²) in [6, 6.07) is 1.89. The molecule has 0 unspecified atom stereocenters. The third-order valence-corrected chi connectivity index (χ3v) is 1.96. The van der Waals surface area contributed by atoms with Crippen LogP contribution in [0, 0.1) is 13.8 Å². The second-order valence-electron chi connectivity index (χ2n) is 3.68. The number of carbonyl (C=O) groups excluding carboxylic acids is 1. The van der Waals surface area contributed by atoms with E-state index in [4.69, 9.17) is 0 Å². The molecule has 0 fully saturated rings. The number of hydrogen-bond acceptors (Lipinski definition) is 4. The summed E-state index contributed by atoms with van der Waals surface area (Å²) in [5, 5.41) is 5.68. The SMILES string of the molecule is CCCNC(=O)CNc1nc(C)cc(C)n1. The maximum absolute atomic E-state index is 11.3. The summed E-state index contributed by atoms with van der Waals surface area (Å²) >= 11 is 0. The highest BCUT2D eigenvalue weighted by Crippen LogP contribution is 2.02. The van der Waals surface area contributed by atoms with E-state index < -0.39 is 0 Å². The first kappa shape index (κ1) is 12.4. The van der Waals surface area contributed by atoms with Gasteiger partial charge in [0.05, 0.1) is 6.54 Å². The molecule has 0 aromatic carbocycles. The van der Waals surface area contributed by atoms with E-state index in [-0.39, 0.29) is 12.5 Å². The number of carbonyl (C=O) groups is 1. The fourth-order valence-electron chi connectivity index (χ4n) is 1.29. The molecule has 0 aliphatic rings. The van der Waals surface area contributed by atoms with Crippen molar-refractivity contribution in [2.75, 3.05) is 18.4 Å². The Morgan fingerprint density at radius 3 is 2.50 bits per heavy atom. The lowest BCUT2D eigenvalue weighted by atomic mass is 10.4. The number of nitrogens with zero attached hydrogens (tertiary/aromatic N) is 2. The summed E-state index contributed by atoms with van der Waals surface area (Å²) < 4.78 is 0. The molecule has 1 aromatic heterocycles. The average Bonchev–Trinajstić information content (AvgIpc) is 2.22. The average molecular weight is 222 g/mol. The Balaban J connectivity index is 2.45. The van der Waals surface area contributed by atoms with Crippen LogP contribution in [0.1, 0.15) is 24.7 Å². The summed E-state index contributed by atoms with van der Waals surface area (Å²) in [5.41, 5.74) is 1.79. The Morgan fingerprint density at radius 2 is 1.94 bits per heavy atom. The zero-order valence-corrected chi connectivity index (χ0v) is 10.0. The fraction of sp³-hybridized carbons (Fsp3) is 0.545. The molecular formula is C11H18N4O. The number of anilines is 1. The van der Waals surface area contributed by atoms with Gasteiger partial charge in [0.25, 0.3) is 0 Å². The van der Waals surface area contributed by atoms with E-state index in [0.29, 0.717) is 12.5 Å². The molecule has 1 aromatic rings. The van der Waals surface area contributed by atoms with E-state index >= 15 is 0 Å². The molecule has 1 rings (SSSR count). The topological polar surface area (TPSA) is 66.9 Å². The summed E-state index contributed by atoms with van der Waals surface area (Å²) in [5.74, 6) is 0.466. The van der Waals surface area contributed by atoms with E-state index in [9.17, 15) is 4.79 Å². The van der Waals surface area contributed by atoms with Crippen molar-refractivity contribution in [2.45, 2.75) is 27.2 Å². The fourth-order valence-corrected chi connectivity index (χ4v) is 1.29. The molecule has 0 atom stereocenters. The van der Waals surface area contributed by atoms with Gasteiger partial charge in [0.15, 0.2) is 0 Å². The van der Waals surface area contributed by atoms with Crippen LogP contribution in [-0.4, -0.2) is 29.0 Å². The van der Waals surface area contributed by atoms with Crippen LogP contribution < -0.4 is 10.6 Å². The number of nitrogens with one attached hydrogen (secondary N) is 2. The maximum atomic E-state index is 11.3. The quantitative estimate of drug-likeness (QED) is 0.781. The van der Waals surface area contributed by atoms with Gasteiger partial charge in [-0.25, -0.2) is 9.97 Å². The molecule has 1 amide bonds. The number of rotatable bonds is 5. The predicted octanol–water partition coefficient (Wildman–Crippen LogP) is 1.03. The smallest absolute Gasteiger partial charge is 0.239 e. The lowest BCUT2D eigenvalue weighted by Crippen LogP contribution is -2.30. The molecule has 5 nitrogen and oxygen atoms in total. The highest BCUT2D eigenvalue weighted by molar-refractivity contribution is 5.80. The second-order valence-corrected chi connectivity index (χ2v) is 3.68. The van der Waals surface area contributed by atoms with Gasteiger partial charge in [-0.15, -0.1) is 0 Å². The minimum atomic E-state index is -0.0374. The van der Waals surface area contributed by atoms with Crippen LogP contribution in [-0.2, 0) is 4.79 Å². The molecule has 0 aliphatic carbocycles. The molecule has 0 saturated carbocycles. The second kappa shape index (κ2) is 6.05. The van der Waals surface area contributed by atoms with Gasteiger partial charge in [0.2, 0.25) is 11.9 Å². The number of aryl methyl sites for hydroxylation is 2. The standard InChI is InChI=1S/C11H18N4O/c1-4-5-12-10(16)7-13-11-14-8(2)6-9(3)15-11/h6H,4-5,7H2,1-3H3,(H,12,16)(H,13,14,15). The van der Waals surface area contributed by atoms with E-state index in [1.807, 2.05) is 26.8 Å². The maximum Gasteiger partial charge on any atom is 0.239 e. The monoisotopic (exact) mass is 222 g/mol. The van der Waals surface area contributed by atoms with Gasteiger partial charge in [-0.1, -0.05) is 6.92 Å². The summed E-state index contributed by atoms with van der Waals surface area (Å²) in [7, 11) is 0. The zero-order valence-electron chi connectivity index (χ0n) is 10.0. The van der Waals surface area contributed by atoms with Crippen LogP contribution in [0.2, 0.25) is 0 Å². The van der Waals surface area contributed by atoms with Crippen molar-refractivity contribution < 1.29 is 4.79 Å². The minimum Gasteiger partial charge on any atom is -0.355 e. The van der Waals surface area contributed by atoms with E-state index in [1.54, 1.807) is 0 Å². The Morgan fingerprint density at radius 1 is 1.31 bits per heavy atom. The molecule has 88 valence electrons. The molecular weight excluding hydrogens is 204 g/mol. The Kier molecular flexibility index (Phi) is 4.69. The summed E-state index contributed by atoms with van der Waals surface area (Å²) in [6.45, 7) is 6.73. The van der Waals surface area contributed by atoms with Crippen LogP contribution in [0.4, 0.5) is 5.95 Å². The molecule has 0 radical (unpaired) electrons. The van der Waals surface area contributed by atoms with E-state index in [1.165, 1.54) is 0 Å². The molecule has 0 saturated heterocycles. The van der Waals surface area contributed by atoms with Gasteiger partial charge in [0, 0.05) is 17.9 Å². The third kappa shape index (κ3) is 4.25. The lowest BCUT2D eigenvalue weighted by molar-refractivity contribution is -0.119. The van der Waals surface area contributed by atoms with Gasteiger partial charge in [-0.3, -0.25) is 4.79 Å². The number of aromatic nitrogens is 2. The van der Waals surface area contributed by atoms with Gasteiger partial charge < -0.3 is 10.6 Å². The molecule has 16 heavy (non-hydrogen) atoms. The number of hydrogen-bond donors (Lipinski definition) is 2. The highest BCUT2D eigenvalue weighted by Gasteiger charge is 2.02. The molecule has 0 bridgehead atoms. The van der Waals surface area contributed by atoms with E-state index in [0.717, 1.165) is 17.8 Å². The van der Waals surface area contributed by atoms with Crippen molar-refractivity contribution in [1.29, 1.82) is 0 Å². The highest BCUT2D eigenvalue weighted by atomic mass is 16.1. The zero-order chi connectivity index (χ0) is 12.0. The van der Waals surface area contributed by atoms with Crippen LogP contribution >= 0.6 is 0 Å². The molecule has 0 aliphatic heterocycles. The number of amides is 1. The largest absolute Gasteiger partial charge is 0.355 e. The van der Waals surface area contributed by atoms with Crippen molar-refractivity contribution in [1.82, 2.24) is 15.3 Å². The first-order chi connectivity index (χ1) is 7.61. The Labute approximate surface area is 95.7 Å². The normalized spacial score (nSPS) is 9.94.